The zero-order chi connectivity index (χ0) is 21.7. The minimum atomic E-state index is -0.517. The molecule has 1 fully saturated rings. The van der Waals surface area contributed by atoms with Crippen LogP contribution in [0.5, 0.6) is 0 Å². The molecule has 2 aromatic carbocycles. The number of amides is 1. The van der Waals surface area contributed by atoms with Crippen molar-refractivity contribution >= 4 is 5.91 Å². The molecule has 1 amide bonds. The smallest absolute Gasteiger partial charge is 0.227 e. The molecule has 5 heteroatoms. The molecule has 4 nitrogen and oxygen atoms in total. The Labute approximate surface area is 183 Å². The maximum atomic E-state index is 14.2. The fraction of sp³-hybridized carbons (Fsp3) is 0.308. The van der Waals surface area contributed by atoms with Gasteiger partial charge in [-0.1, -0.05) is 42.5 Å². The highest BCUT2D eigenvalue weighted by Gasteiger charge is 2.41. The van der Waals surface area contributed by atoms with Crippen molar-refractivity contribution in [3.8, 4) is 11.1 Å². The van der Waals surface area contributed by atoms with Gasteiger partial charge in [0.2, 0.25) is 5.91 Å². The summed E-state index contributed by atoms with van der Waals surface area (Å²) < 4.78 is 14.2. The third kappa shape index (κ3) is 4.83. The lowest BCUT2D eigenvalue weighted by Crippen LogP contribution is -2.52. The van der Waals surface area contributed by atoms with Crippen LogP contribution in [0.3, 0.4) is 0 Å². The predicted molar refractivity (Wildman–Crippen MR) is 121 cm³/mol. The van der Waals surface area contributed by atoms with Crippen LogP contribution in [0.4, 0.5) is 4.39 Å². The number of pyridine rings is 1. The monoisotopic (exact) mass is 417 g/mol. The van der Waals surface area contributed by atoms with E-state index in [2.05, 4.69) is 39.5 Å². The van der Waals surface area contributed by atoms with E-state index in [9.17, 15) is 9.18 Å². The van der Waals surface area contributed by atoms with Gasteiger partial charge in [-0.05, 0) is 60.7 Å². The first kappa shape index (κ1) is 21.2. The second kappa shape index (κ2) is 9.40. The first-order chi connectivity index (χ1) is 15.1. The van der Waals surface area contributed by atoms with Gasteiger partial charge in [0.25, 0.3) is 0 Å². The molecule has 4 rings (SSSR count). The summed E-state index contributed by atoms with van der Waals surface area (Å²) in [6.07, 6.45) is 5.98. The van der Waals surface area contributed by atoms with Crippen LogP contribution in [-0.4, -0.2) is 35.9 Å². The molecule has 1 aromatic heterocycles. The molecule has 1 aliphatic rings. The van der Waals surface area contributed by atoms with Crippen LogP contribution in [0.2, 0.25) is 0 Å². The lowest BCUT2D eigenvalue weighted by molar-refractivity contribution is -0.134. The van der Waals surface area contributed by atoms with Crippen LogP contribution < -0.4 is 5.32 Å². The van der Waals surface area contributed by atoms with Crippen molar-refractivity contribution in [2.75, 3.05) is 20.1 Å². The van der Waals surface area contributed by atoms with Gasteiger partial charge >= 0.3 is 0 Å². The van der Waals surface area contributed by atoms with Crippen molar-refractivity contribution in [1.29, 1.82) is 0 Å². The molecule has 1 aliphatic heterocycles. The number of nitrogens with zero attached hydrogens (tertiary/aromatic N) is 2. The largest absolute Gasteiger partial charge is 0.359 e. The van der Waals surface area contributed by atoms with E-state index >= 15 is 0 Å². The summed E-state index contributed by atoms with van der Waals surface area (Å²) in [7, 11) is 1.70. The summed E-state index contributed by atoms with van der Waals surface area (Å²) in [4.78, 5) is 19.3. The highest BCUT2D eigenvalue weighted by atomic mass is 19.1. The lowest BCUT2D eigenvalue weighted by Gasteiger charge is -2.41. The Morgan fingerprint density at radius 3 is 2.48 bits per heavy atom. The Bertz CT molecular complexity index is 1020. The number of likely N-dealkylation sites (tertiary alicyclic amines) is 1. The van der Waals surface area contributed by atoms with E-state index in [-0.39, 0.29) is 11.7 Å². The Kier molecular flexibility index (Phi) is 6.42. The molecule has 3 aromatic rings. The third-order valence-electron chi connectivity index (χ3n) is 6.23. The van der Waals surface area contributed by atoms with Gasteiger partial charge in [0.05, 0.1) is 5.41 Å². The normalized spacial score (nSPS) is 19.2. The summed E-state index contributed by atoms with van der Waals surface area (Å²) >= 11 is 0. The molecule has 2 heterocycles. The maximum Gasteiger partial charge on any atom is 0.227 e. The minimum absolute atomic E-state index is 0.0592. The number of piperidine rings is 1. The number of hydrogen-bond acceptors (Lipinski definition) is 3. The van der Waals surface area contributed by atoms with Gasteiger partial charge in [0.15, 0.2) is 0 Å². The zero-order valence-corrected chi connectivity index (χ0v) is 17.9. The minimum Gasteiger partial charge on any atom is -0.359 e. The van der Waals surface area contributed by atoms with E-state index in [1.807, 2.05) is 24.3 Å². The number of rotatable bonds is 6. The zero-order valence-electron chi connectivity index (χ0n) is 17.9. The molecule has 1 unspecified atom stereocenters. The van der Waals surface area contributed by atoms with Crippen molar-refractivity contribution in [2.45, 2.75) is 25.8 Å². The van der Waals surface area contributed by atoms with Crippen molar-refractivity contribution in [2.24, 2.45) is 5.41 Å². The predicted octanol–water partition coefficient (Wildman–Crippen LogP) is 4.46. The average molecular weight is 418 g/mol. The molecular weight excluding hydrogens is 389 g/mol. The molecule has 31 heavy (non-hydrogen) atoms. The van der Waals surface area contributed by atoms with Crippen molar-refractivity contribution in [3.63, 3.8) is 0 Å². The fourth-order valence-electron chi connectivity index (χ4n) is 4.65. The van der Waals surface area contributed by atoms with E-state index in [0.717, 1.165) is 36.1 Å². The first-order valence-electron chi connectivity index (χ1n) is 10.8. The van der Waals surface area contributed by atoms with Crippen LogP contribution in [0.15, 0.2) is 73.1 Å². The van der Waals surface area contributed by atoms with E-state index in [1.165, 1.54) is 6.07 Å². The molecule has 1 N–H and O–H groups in total. The van der Waals surface area contributed by atoms with E-state index < -0.39 is 5.41 Å². The maximum absolute atomic E-state index is 14.2. The molecule has 0 spiro atoms. The highest BCUT2D eigenvalue weighted by Crippen LogP contribution is 2.35. The van der Waals surface area contributed by atoms with Gasteiger partial charge in [-0.3, -0.25) is 14.7 Å². The molecular formula is C26H28FN3O. The summed E-state index contributed by atoms with van der Waals surface area (Å²) in [6, 6.07) is 19.3. The molecule has 0 aliphatic carbocycles. The summed E-state index contributed by atoms with van der Waals surface area (Å²) in [5.41, 5.74) is 3.54. The fourth-order valence-corrected chi connectivity index (χ4v) is 4.65. The molecule has 0 bridgehead atoms. The van der Waals surface area contributed by atoms with Gasteiger partial charge in [-0.15, -0.1) is 0 Å². The quantitative estimate of drug-likeness (QED) is 0.644. The van der Waals surface area contributed by atoms with Crippen LogP contribution in [0.25, 0.3) is 11.1 Å². The van der Waals surface area contributed by atoms with Crippen molar-refractivity contribution in [3.05, 3.63) is 90.0 Å². The van der Waals surface area contributed by atoms with Gasteiger partial charge < -0.3 is 5.32 Å². The number of nitrogens with one attached hydrogen (secondary N) is 1. The first-order valence-corrected chi connectivity index (χ1v) is 10.8. The summed E-state index contributed by atoms with van der Waals surface area (Å²) in [5, 5.41) is 2.88. The molecule has 0 radical (unpaired) electrons. The summed E-state index contributed by atoms with van der Waals surface area (Å²) in [6.45, 7) is 2.01. The molecule has 1 atom stereocenters. The lowest BCUT2D eigenvalue weighted by atomic mass is 9.74. The molecule has 1 saturated heterocycles. The number of carbonyl (C=O) groups excluding carboxylic acids is 1. The van der Waals surface area contributed by atoms with Crippen molar-refractivity contribution < 1.29 is 9.18 Å². The Hall–Kier alpha value is -3.05. The Morgan fingerprint density at radius 2 is 1.77 bits per heavy atom. The molecule has 0 saturated carbocycles. The topological polar surface area (TPSA) is 45.2 Å². The van der Waals surface area contributed by atoms with Gasteiger partial charge in [0.1, 0.15) is 5.82 Å². The van der Waals surface area contributed by atoms with Crippen molar-refractivity contribution in [1.82, 2.24) is 15.2 Å². The Morgan fingerprint density at radius 1 is 1.06 bits per heavy atom. The standard InChI is InChI=1S/C26H28FN3O/c1-28-25(31)26(13-4-16-30(19-26)18-23-5-2-3-6-24(23)27)17-20-7-9-21(10-8-20)22-11-14-29-15-12-22/h2-3,5-12,14-15H,4,13,16-19H2,1H3,(H,28,31). The number of benzene rings is 2. The number of aromatic nitrogens is 1. The second-order valence-corrected chi connectivity index (χ2v) is 8.37. The van der Waals surface area contributed by atoms with E-state index in [1.54, 1.807) is 25.5 Å². The van der Waals surface area contributed by atoms with Crippen LogP contribution in [0.1, 0.15) is 24.0 Å². The van der Waals surface area contributed by atoms with E-state index in [4.69, 9.17) is 0 Å². The Balaban J connectivity index is 1.53. The SMILES string of the molecule is CNC(=O)C1(Cc2ccc(-c3ccncc3)cc2)CCCN(Cc2ccccc2F)C1. The van der Waals surface area contributed by atoms with Crippen LogP contribution in [-0.2, 0) is 17.8 Å². The molecule has 160 valence electrons. The number of hydrogen-bond donors (Lipinski definition) is 1. The van der Waals surface area contributed by atoms with Crippen LogP contribution in [0, 0.1) is 11.2 Å². The van der Waals surface area contributed by atoms with Crippen LogP contribution >= 0.6 is 0 Å². The van der Waals surface area contributed by atoms with Gasteiger partial charge in [0, 0.05) is 38.1 Å². The third-order valence-corrected chi connectivity index (χ3v) is 6.23. The second-order valence-electron chi connectivity index (χ2n) is 8.37. The number of carbonyl (C=O) groups is 1. The van der Waals surface area contributed by atoms with Gasteiger partial charge in [-0.25, -0.2) is 4.39 Å². The highest BCUT2D eigenvalue weighted by molar-refractivity contribution is 5.83. The average Bonchev–Trinajstić information content (AvgIpc) is 2.81. The summed E-state index contributed by atoms with van der Waals surface area (Å²) in [5.74, 6) is -0.130. The number of halogens is 1. The van der Waals surface area contributed by atoms with Gasteiger partial charge in [-0.2, -0.15) is 0 Å². The van der Waals surface area contributed by atoms with E-state index in [0.29, 0.717) is 25.1 Å².